The average molecular weight is 294 g/mol. The Morgan fingerprint density at radius 1 is 1.40 bits per heavy atom. The van der Waals surface area contributed by atoms with Gasteiger partial charge < -0.3 is 20.2 Å². The molecule has 0 aliphatic heterocycles. The Morgan fingerprint density at radius 2 is 2.20 bits per heavy atom. The van der Waals surface area contributed by atoms with Gasteiger partial charge >= 0.3 is 6.03 Å². The van der Waals surface area contributed by atoms with Crippen LogP contribution in [0.1, 0.15) is 25.7 Å². The van der Waals surface area contributed by atoms with Crippen molar-refractivity contribution in [2.45, 2.75) is 26.0 Å². The smallest absolute Gasteiger partial charge is 0.315 e. The summed E-state index contributed by atoms with van der Waals surface area (Å²) >= 11 is 1.57. The topological polar surface area (TPSA) is 74.5 Å². The van der Waals surface area contributed by atoms with Crippen LogP contribution in [0.25, 0.3) is 10.6 Å². The quantitative estimate of drug-likeness (QED) is 0.793. The molecule has 2 heterocycles. The lowest BCUT2D eigenvalue weighted by Crippen LogP contribution is -2.41. The fourth-order valence-electron chi connectivity index (χ4n) is 1.69. The number of urea groups is 1. The highest BCUT2D eigenvalue weighted by Gasteiger charge is 2.15. The molecule has 0 radical (unpaired) electrons. The Kier molecular flexibility index (Phi) is 4.81. The van der Waals surface area contributed by atoms with Gasteiger partial charge in [0, 0.05) is 6.04 Å². The maximum atomic E-state index is 11.4. The zero-order valence-electron chi connectivity index (χ0n) is 11.4. The molecule has 0 aliphatic carbocycles. The van der Waals surface area contributed by atoms with Gasteiger partial charge in [-0.1, -0.05) is 6.07 Å². The molecule has 108 valence electrons. The minimum atomic E-state index is -0.860. The van der Waals surface area contributed by atoms with Crippen LogP contribution in [-0.2, 0) is 0 Å². The molecule has 6 heteroatoms. The summed E-state index contributed by atoms with van der Waals surface area (Å²) in [6.45, 7) is 3.85. The third-order valence-corrected chi connectivity index (χ3v) is 3.48. The molecule has 20 heavy (non-hydrogen) atoms. The van der Waals surface area contributed by atoms with Crippen LogP contribution in [0.15, 0.2) is 34.1 Å². The Morgan fingerprint density at radius 3 is 2.85 bits per heavy atom. The number of aliphatic hydroxyl groups is 1. The standard InChI is InChI=1S/C14H18N2O3S/c1-9(2)16-14(18)15-8-10(17)11-5-6-12(19-11)13-4-3-7-20-13/h3-7,9-10,17H,8H2,1-2H3,(H2,15,16,18). The van der Waals surface area contributed by atoms with Crippen molar-refractivity contribution in [1.29, 1.82) is 0 Å². The number of amides is 2. The molecule has 2 amide bonds. The molecular formula is C14H18N2O3S. The number of thiophene rings is 1. The van der Waals surface area contributed by atoms with Crippen molar-refractivity contribution >= 4 is 17.4 Å². The van der Waals surface area contributed by atoms with Crippen molar-refractivity contribution in [3.63, 3.8) is 0 Å². The zero-order chi connectivity index (χ0) is 14.5. The summed E-state index contributed by atoms with van der Waals surface area (Å²) in [5.74, 6) is 1.17. The van der Waals surface area contributed by atoms with Gasteiger partial charge in [0.2, 0.25) is 0 Å². The first-order valence-electron chi connectivity index (χ1n) is 6.42. The first-order valence-corrected chi connectivity index (χ1v) is 7.30. The van der Waals surface area contributed by atoms with Gasteiger partial charge in [-0.05, 0) is 37.4 Å². The van der Waals surface area contributed by atoms with Crippen molar-refractivity contribution in [2.75, 3.05) is 6.54 Å². The van der Waals surface area contributed by atoms with Crippen molar-refractivity contribution < 1.29 is 14.3 Å². The molecule has 0 bridgehead atoms. The van der Waals surface area contributed by atoms with E-state index in [0.29, 0.717) is 5.76 Å². The molecule has 1 atom stereocenters. The fraction of sp³-hybridized carbons (Fsp3) is 0.357. The maximum Gasteiger partial charge on any atom is 0.315 e. The minimum absolute atomic E-state index is 0.0567. The molecule has 2 aromatic rings. The second-order valence-electron chi connectivity index (χ2n) is 4.70. The van der Waals surface area contributed by atoms with E-state index in [-0.39, 0.29) is 18.6 Å². The van der Waals surface area contributed by atoms with Crippen LogP contribution in [-0.4, -0.2) is 23.7 Å². The van der Waals surface area contributed by atoms with E-state index in [1.165, 1.54) is 0 Å². The van der Waals surface area contributed by atoms with Crippen molar-refractivity contribution in [1.82, 2.24) is 10.6 Å². The van der Waals surface area contributed by atoms with E-state index >= 15 is 0 Å². The molecule has 0 saturated heterocycles. The summed E-state index contributed by atoms with van der Waals surface area (Å²) in [6, 6.07) is 7.19. The zero-order valence-corrected chi connectivity index (χ0v) is 12.2. The monoisotopic (exact) mass is 294 g/mol. The van der Waals surface area contributed by atoms with E-state index in [4.69, 9.17) is 4.42 Å². The van der Waals surface area contributed by atoms with Crippen LogP contribution in [0.5, 0.6) is 0 Å². The summed E-state index contributed by atoms with van der Waals surface area (Å²) in [4.78, 5) is 12.4. The predicted octanol–water partition coefficient (Wildman–Crippen LogP) is 2.75. The van der Waals surface area contributed by atoms with Crippen LogP contribution in [0.4, 0.5) is 4.79 Å². The third kappa shape index (κ3) is 3.85. The SMILES string of the molecule is CC(C)NC(=O)NCC(O)c1ccc(-c2cccs2)o1. The number of hydrogen-bond acceptors (Lipinski definition) is 4. The molecule has 0 aromatic carbocycles. The Hall–Kier alpha value is -1.79. The van der Waals surface area contributed by atoms with E-state index in [1.54, 1.807) is 17.4 Å². The van der Waals surface area contributed by atoms with Gasteiger partial charge in [0.15, 0.2) is 0 Å². The first-order chi connectivity index (χ1) is 9.56. The van der Waals surface area contributed by atoms with Gasteiger partial charge in [-0.2, -0.15) is 0 Å². The number of aliphatic hydroxyl groups excluding tert-OH is 1. The van der Waals surface area contributed by atoms with E-state index in [9.17, 15) is 9.90 Å². The lowest BCUT2D eigenvalue weighted by atomic mass is 10.3. The van der Waals surface area contributed by atoms with Crippen LogP contribution in [0, 0.1) is 0 Å². The van der Waals surface area contributed by atoms with E-state index in [2.05, 4.69) is 10.6 Å². The van der Waals surface area contributed by atoms with Crippen molar-refractivity contribution in [3.05, 3.63) is 35.4 Å². The highest BCUT2D eigenvalue weighted by Crippen LogP contribution is 2.28. The van der Waals surface area contributed by atoms with Crippen molar-refractivity contribution in [3.8, 4) is 10.6 Å². The first kappa shape index (κ1) is 14.6. The average Bonchev–Trinajstić information content (AvgIpc) is 3.04. The number of hydrogen-bond donors (Lipinski definition) is 3. The predicted molar refractivity (Wildman–Crippen MR) is 78.7 cm³/mol. The Balaban J connectivity index is 1.90. The van der Waals surface area contributed by atoms with Gasteiger partial charge in [-0.25, -0.2) is 4.79 Å². The largest absolute Gasteiger partial charge is 0.457 e. The Bertz CT molecular complexity index is 549. The molecule has 1 unspecified atom stereocenters. The van der Waals surface area contributed by atoms with Crippen LogP contribution in [0.2, 0.25) is 0 Å². The molecule has 5 nitrogen and oxygen atoms in total. The highest BCUT2D eigenvalue weighted by molar-refractivity contribution is 7.13. The number of nitrogens with one attached hydrogen (secondary N) is 2. The maximum absolute atomic E-state index is 11.4. The molecule has 0 saturated carbocycles. The molecule has 3 N–H and O–H groups in total. The number of rotatable bonds is 5. The summed E-state index contributed by atoms with van der Waals surface area (Å²) in [5.41, 5.74) is 0. The number of carbonyl (C=O) groups excluding carboxylic acids is 1. The lowest BCUT2D eigenvalue weighted by Gasteiger charge is -2.12. The van der Waals surface area contributed by atoms with E-state index < -0.39 is 6.10 Å². The molecule has 2 aromatic heterocycles. The van der Waals surface area contributed by atoms with Gasteiger partial charge in [-0.3, -0.25) is 0 Å². The van der Waals surface area contributed by atoms with Gasteiger partial charge in [0.1, 0.15) is 17.6 Å². The minimum Gasteiger partial charge on any atom is -0.457 e. The number of carbonyl (C=O) groups is 1. The second kappa shape index (κ2) is 6.58. The van der Waals surface area contributed by atoms with Gasteiger partial charge in [0.25, 0.3) is 0 Å². The van der Waals surface area contributed by atoms with E-state index in [0.717, 1.165) is 10.6 Å². The number of furan rings is 1. The molecule has 0 spiro atoms. The summed E-state index contributed by atoms with van der Waals surface area (Å²) in [6.07, 6.45) is -0.860. The molecule has 2 rings (SSSR count). The normalized spacial score (nSPS) is 12.4. The highest BCUT2D eigenvalue weighted by atomic mass is 32.1. The summed E-state index contributed by atoms with van der Waals surface area (Å²) in [7, 11) is 0. The third-order valence-electron chi connectivity index (χ3n) is 2.59. The van der Waals surface area contributed by atoms with Crippen molar-refractivity contribution in [2.24, 2.45) is 0 Å². The molecule has 0 aliphatic rings. The van der Waals surface area contributed by atoms with Crippen LogP contribution < -0.4 is 10.6 Å². The molecule has 0 fully saturated rings. The Labute approximate surface area is 121 Å². The fourth-order valence-corrected chi connectivity index (χ4v) is 2.37. The van der Waals surface area contributed by atoms with Crippen LogP contribution >= 0.6 is 11.3 Å². The second-order valence-corrected chi connectivity index (χ2v) is 5.65. The van der Waals surface area contributed by atoms with Gasteiger partial charge in [0.05, 0.1) is 11.4 Å². The van der Waals surface area contributed by atoms with Crippen LogP contribution in [0.3, 0.4) is 0 Å². The molecular weight excluding hydrogens is 276 g/mol. The van der Waals surface area contributed by atoms with E-state index in [1.807, 2.05) is 37.4 Å². The lowest BCUT2D eigenvalue weighted by molar-refractivity contribution is 0.148. The van der Waals surface area contributed by atoms with Gasteiger partial charge in [-0.15, -0.1) is 11.3 Å². The summed E-state index contributed by atoms with van der Waals surface area (Å²) < 4.78 is 5.59. The summed E-state index contributed by atoms with van der Waals surface area (Å²) in [5, 5.41) is 17.2.